The highest BCUT2D eigenvalue weighted by Gasteiger charge is 2.21. The summed E-state index contributed by atoms with van der Waals surface area (Å²) in [6, 6.07) is 7.35. The van der Waals surface area contributed by atoms with Crippen molar-refractivity contribution >= 4 is 46.7 Å². The molecule has 3 rings (SSSR count). The van der Waals surface area contributed by atoms with Crippen LogP contribution in [0.15, 0.2) is 24.3 Å². The Bertz CT molecular complexity index is 783. The number of nitrogens with one attached hydrogen (secondary N) is 1. The lowest BCUT2D eigenvalue weighted by atomic mass is 10.1. The molecule has 2 N–H and O–H groups in total. The molecule has 0 saturated carbocycles. The zero-order chi connectivity index (χ0) is 18.0. The Morgan fingerprint density at radius 3 is 2.44 bits per heavy atom. The molecule has 5 nitrogen and oxygen atoms in total. The lowest BCUT2D eigenvalue weighted by Crippen LogP contribution is -2.26. The lowest BCUT2D eigenvalue weighted by molar-refractivity contribution is 0.0701. The van der Waals surface area contributed by atoms with E-state index < -0.39 is 5.97 Å². The summed E-state index contributed by atoms with van der Waals surface area (Å²) in [7, 11) is 0. The maximum absolute atomic E-state index is 12.4. The largest absolute Gasteiger partial charge is 0.477 e. The number of aromatic nitrogens is 1. The Labute approximate surface area is 158 Å². The van der Waals surface area contributed by atoms with E-state index >= 15 is 0 Å². The number of aromatic carboxylic acids is 1. The molecule has 1 saturated heterocycles. The molecule has 1 aliphatic rings. The van der Waals surface area contributed by atoms with E-state index in [2.05, 4.69) is 10.3 Å². The topological polar surface area (TPSA) is 79.3 Å². The van der Waals surface area contributed by atoms with Crippen LogP contribution in [0.2, 0.25) is 0 Å². The third kappa shape index (κ3) is 4.19. The quantitative estimate of drug-likeness (QED) is 0.794. The molecule has 1 aliphatic heterocycles. The SMILES string of the molecule is Cc1nc(C(C)NC(=O)c2ccc(C3SCCS3)cc2)sc1C(=O)O. The number of rotatable bonds is 5. The van der Waals surface area contributed by atoms with Crippen molar-refractivity contribution in [1.82, 2.24) is 10.3 Å². The van der Waals surface area contributed by atoms with Gasteiger partial charge in [-0.25, -0.2) is 9.78 Å². The molecule has 0 radical (unpaired) electrons. The number of carboxylic acid groups (broad SMARTS) is 1. The number of amides is 1. The lowest BCUT2D eigenvalue weighted by Gasteiger charge is -2.12. The molecule has 2 aromatic rings. The summed E-state index contributed by atoms with van der Waals surface area (Å²) in [5.41, 5.74) is 2.30. The molecule has 0 aliphatic carbocycles. The van der Waals surface area contributed by atoms with Crippen LogP contribution in [0.25, 0.3) is 0 Å². The first-order valence-corrected chi connectivity index (χ1v) is 10.7. The van der Waals surface area contributed by atoms with E-state index in [0.717, 1.165) is 11.3 Å². The van der Waals surface area contributed by atoms with Gasteiger partial charge in [-0.3, -0.25) is 4.79 Å². The molecule has 8 heteroatoms. The second kappa shape index (κ2) is 7.80. The zero-order valence-electron chi connectivity index (χ0n) is 13.8. The van der Waals surface area contributed by atoms with E-state index in [1.165, 1.54) is 17.1 Å². The van der Waals surface area contributed by atoms with Gasteiger partial charge in [0.15, 0.2) is 0 Å². The molecule has 25 heavy (non-hydrogen) atoms. The molecule has 1 aromatic carbocycles. The average Bonchev–Trinajstić information content (AvgIpc) is 3.24. The van der Waals surface area contributed by atoms with Crippen LogP contribution >= 0.6 is 34.9 Å². The third-order valence-electron chi connectivity index (χ3n) is 3.79. The minimum Gasteiger partial charge on any atom is -0.477 e. The van der Waals surface area contributed by atoms with Gasteiger partial charge in [0.2, 0.25) is 0 Å². The van der Waals surface area contributed by atoms with Crippen LogP contribution in [0.4, 0.5) is 0 Å². The van der Waals surface area contributed by atoms with Gasteiger partial charge in [-0.15, -0.1) is 34.9 Å². The molecule has 132 valence electrons. The monoisotopic (exact) mass is 394 g/mol. The highest BCUT2D eigenvalue weighted by molar-refractivity contribution is 8.19. The maximum Gasteiger partial charge on any atom is 0.347 e. The summed E-state index contributed by atoms with van der Waals surface area (Å²) in [4.78, 5) is 28.0. The smallest absolute Gasteiger partial charge is 0.347 e. The van der Waals surface area contributed by atoms with Gasteiger partial charge in [-0.1, -0.05) is 12.1 Å². The number of thiazole rings is 1. The van der Waals surface area contributed by atoms with Crippen molar-refractivity contribution in [3.8, 4) is 0 Å². The number of benzene rings is 1. The van der Waals surface area contributed by atoms with Gasteiger partial charge < -0.3 is 10.4 Å². The minimum absolute atomic E-state index is 0.185. The highest BCUT2D eigenvalue weighted by atomic mass is 32.2. The summed E-state index contributed by atoms with van der Waals surface area (Å²) in [6.07, 6.45) is 0. The van der Waals surface area contributed by atoms with Crippen LogP contribution in [0.3, 0.4) is 0 Å². The fraction of sp³-hybridized carbons (Fsp3) is 0.353. The fourth-order valence-electron chi connectivity index (χ4n) is 2.49. The number of carboxylic acids is 1. The van der Waals surface area contributed by atoms with Crippen LogP contribution in [-0.2, 0) is 0 Å². The highest BCUT2D eigenvalue weighted by Crippen LogP contribution is 2.45. The zero-order valence-corrected chi connectivity index (χ0v) is 16.3. The Morgan fingerprint density at radius 1 is 1.24 bits per heavy atom. The van der Waals surface area contributed by atoms with Crippen LogP contribution in [0, 0.1) is 6.92 Å². The van der Waals surface area contributed by atoms with Gasteiger partial charge in [0.1, 0.15) is 9.88 Å². The van der Waals surface area contributed by atoms with E-state index in [4.69, 9.17) is 5.11 Å². The van der Waals surface area contributed by atoms with Crippen LogP contribution < -0.4 is 5.32 Å². The van der Waals surface area contributed by atoms with E-state index in [9.17, 15) is 9.59 Å². The number of aryl methyl sites for hydroxylation is 1. The Hall–Kier alpha value is -1.51. The molecule has 1 fully saturated rings. The third-order valence-corrected chi connectivity index (χ3v) is 8.22. The number of nitrogens with zero attached hydrogens (tertiary/aromatic N) is 1. The van der Waals surface area contributed by atoms with Crippen LogP contribution in [-0.4, -0.2) is 33.5 Å². The van der Waals surface area contributed by atoms with E-state index in [0.29, 0.717) is 20.8 Å². The van der Waals surface area contributed by atoms with Crippen molar-refractivity contribution in [2.24, 2.45) is 0 Å². The summed E-state index contributed by atoms with van der Waals surface area (Å²) in [5.74, 6) is 1.16. The van der Waals surface area contributed by atoms with Crippen molar-refractivity contribution < 1.29 is 14.7 Å². The van der Waals surface area contributed by atoms with E-state index in [1.807, 2.05) is 54.7 Å². The first-order chi connectivity index (χ1) is 12.0. The summed E-state index contributed by atoms with van der Waals surface area (Å²) in [6.45, 7) is 3.47. The number of carbonyl (C=O) groups is 2. The van der Waals surface area contributed by atoms with Crippen LogP contribution in [0.5, 0.6) is 0 Å². The van der Waals surface area contributed by atoms with Gasteiger partial charge in [-0.2, -0.15) is 0 Å². The second-order valence-corrected chi connectivity index (χ2v) is 9.42. The Kier molecular flexibility index (Phi) is 5.71. The fourth-order valence-corrected chi connectivity index (χ4v) is 6.25. The van der Waals surface area contributed by atoms with Crippen molar-refractivity contribution in [3.05, 3.63) is 51.0 Å². The number of carbonyl (C=O) groups excluding carboxylic acids is 1. The molecule has 1 unspecified atom stereocenters. The maximum atomic E-state index is 12.4. The second-order valence-electron chi connectivity index (χ2n) is 5.66. The molecular weight excluding hydrogens is 376 g/mol. The summed E-state index contributed by atoms with van der Waals surface area (Å²) in [5, 5.41) is 12.6. The predicted octanol–water partition coefficient (Wildman–Crippen LogP) is 4.12. The molecule has 1 atom stereocenters. The molecule has 2 heterocycles. The number of thioether (sulfide) groups is 2. The van der Waals surface area contributed by atoms with Gasteiger partial charge in [0, 0.05) is 17.1 Å². The summed E-state index contributed by atoms with van der Waals surface area (Å²) < 4.78 is 0.462. The first kappa shape index (κ1) is 18.3. The average molecular weight is 395 g/mol. The van der Waals surface area contributed by atoms with Crippen LogP contribution in [0.1, 0.15) is 53.8 Å². The van der Waals surface area contributed by atoms with E-state index in [-0.39, 0.29) is 16.8 Å². The Morgan fingerprint density at radius 2 is 1.88 bits per heavy atom. The van der Waals surface area contributed by atoms with Crippen molar-refractivity contribution in [3.63, 3.8) is 0 Å². The van der Waals surface area contributed by atoms with Gasteiger partial charge in [-0.05, 0) is 31.5 Å². The number of hydrogen-bond donors (Lipinski definition) is 2. The molecular formula is C17H18N2O3S3. The predicted molar refractivity (Wildman–Crippen MR) is 104 cm³/mol. The standard InChI is InChI=1S/C17H18N2O3S3/c1-9-13(16(21)22)25-15(19-9)10(2)18-14(20)11-3-5-12(6-4-11)17-23-7-8-24-17/h3-6,10,17H,7-8H2,1-2H3,(H,18,20)(H,21,22). The molecule has 0 bridgehead atoms. The summed E-state index contributed by atoms with van der Waals surface area (Å²) >= 11 is 4.96. The minimum atomic E-state index is -0.988. The molecule has 1 amide bonds. The normalized spacial score (nSPS) is 15.9. The van der Waals surface area contributed by atoms with Crippen molar-refractivity contribution in [2.45, 2.75) is 24.5 Å². The van der Waals surface area contributed by atoms with Gasteiger partial charge in [0.25, 0.3) is 5.91 Å². The van der Waals surface area contributed by atoms with Gasteiger partial charge >= 0.3 is 5.97 Å². The Balaban J connectivity index is 1.66. The first-order valence-electron chi connectivity index (χ1n) is 7.80. The van der Waals surface area contributed by atoms with Gasteiger partial charge in [0.05, 0.1) is 16.3 Å². The van der Waals surface area contributed by atoms with E-state index in [1.54, 1.807) is 6.92 Å². The molecule has 1 aromatic heterocycles. The van der Waals surface area contributed by atoms with Crippen molar-refractivity contribution in [2.75, 3.05) is 11.5 Å². The molecule has 0 spiro atoms. The number of hydrogen-bond acceptors (Lipinski definition) is 6. The van der Waals surface area contributed by atoms with Crippen molar-refractivity contribution in [1.29, 1.82) is 0 Å².